The van der Waals surface area contributed by atoms with Gasteiger partial charge in [0.15, 0.2) is 17.7 Å². The molecule has 5 atom stereocenters. The van der Waals surface area contributed by atoms with Crippen molar-refractivity contribution in [3.63, 3.8) is 0 Å². The minimum Gasteiger partial charge on any atom is -0.394 e. The van der Waals surface area contributed by atoms with E-state index in [0.717, 1.165) is 0 Å². The summed E-state index contributed by atoms with van der Waals surface area (Å²) in [5.41, 5.74) is 6.47. The molecule has 0 aliphatic carbocycles. The number of nitrogens with zero attached hydrogens (tertiary/aromatic N) is 3. The summed E-state index contributed by atoms with van der Waals surface area (Å²) in [5.74, 6) is -0.203. The van der Waals surface area contributed by atoms with E-state index in [0.29, 0.717) is 17.0 Å². The number of rotatable bonds is 6. The predicted molar refractivity (Wildman–Crippen MR) is 88.7 cm³/mol. The van der Waals surface area contributed by atoms with Crippen LogP contribution in [0.4, 0.5) is 5.82 Å². The van der Waals surface area contributed by atoms with Crippen LogP contribution < -0.4 is 16.4 Å². The Morgan fingerprint density at radius 1 is 1.42 bits per heavy atom. The first-order valence-corrected chi connectivity index (χ1v) is 8.05. The van der Waals surface area contributed by atoms with Crippen molar-refractivity contribution in [1.29, 1.82) is 0 Å². The number of imidazole rings is 1. The van der Waals surface area contributed by atoms with Crippen molar-refractivity contribution >= 4 is 22.9 Å². The number of aliphatic hydroxyl groups excluding tert-OH is 3. The maximum Gasteiger partial charge on any atom is 0.239 e. The Bertz CT molecular complexity index is 756. The number of nitrogens with two attached hydrogens (primary N) is 1. The van der Waals surface area contributed by atoms with Gasteiger partial charge in [0.05, 0.1) is 25.6 Å². The van der Waals surface area contributed by atoms with Gasteiger partial charge in [0.25, 0.3) is 0 Å². The van der Waals surface area contributed by atoms with E-state index in [1.807, 2.05) is 0 Å². The van der Waals surface area contributed by atoms with Gasteiger partial charge in [0.2, 0.25) is 5.91 Å². The lowest BCUT2D eigenvalue weighted by Gasteiger charge is -2.39. The lowest BCUT2D eigenvalue weighted by atomic mass is 9.98. The lowest BCUT2D eigenvalue weighted by Crippen LogP contribution is -2.59. The highest BCUT2D eigenvalue weighted by atomic mass is 16.5. The van der Waals surface area contributed by atoms with Crippen LogP contribution in [0, 0.1) is 0 Å². The molecule has 0 radical (unpaired) electrons. The van der Waals surface area contributed by atoms with Crippen LogP contribution in [0.5, 0.6) is 0 Å². The molecule has 0 saturated carbocycles. The van der Waals surface area contributed by atoms with Gasteiger partial charge >= 0.3 is 0 Å². The van der Waals surface area contributed by atoms with Crippen molar-refractivity contribution in [2.75, 3.05) is 18.5 Å². The number of ether oxygens (including phenoxy) is 1. The van der Waals surface area contributed by atoms with E-state index in [2.05, 4.69) is 30.6 Å². The third-order valence-electron chi connectivity index (χ3n) is 4.16. The fraction of sp³-hybridized carbons (Fsp3) is 0.571. The van der Waals surface area contributed by atoms with Gasteiger partial charge in [-0.25, -0.2) is 15.0 Å². The average Bonchev–Trinajstić information content (AvgIpc) is 3.12. The summed E-state index contributed by atoms with van der Waals surface area (Å²) < 4.78 is 5.68. The highest BCUT2D eigenvalue weighted by Gasteiger charge is 2.38. The number of aromatic nitrogens is 4. The van der Waals surface area contributed by atoms with E-state index >= 15 is 0 Å². The number of carbonyl (C=O) groups is 1. The number of amides is 1. The summed E-state index contributed by atoms with van der Waals surface area (Å²) in [5, 5.41) is 34.4. The third kappa shape index (κ3) is 3.73. The van der Waals surface area contributed by atoms with Crippen LogP contribution in [0.2, 0.25) is 0 Å². The fourth-order valence-corrected chi connectivity index (χ4v) is 2.74. The quantitative estimate of drug-likeness (QED) is 0.277. The number of H-pyrrole nitrogens is 1. The van der Waals surface area contributed by atoms with Gasteiger partial charge in [-0.15, -0.1) is 0 Å². The first-order valence-electron chi connectivity index (χ1n) is 8.05. The normalized spacial score (nSPS) is 27.2. The average molecular weight is 367 g/mol. The van der Waals surface area contributed by atoms with E-state index < -0.39 is 43.0 Å². The second kappa shape index (κ2) is 7.88. The molecule has 1 fully saturated rings. The summed E-state index contributed by atoms with van der Waals surface area (Å²) in [4.78, 5) is 26.9. The third-order valence-corrected chi connectivity index (χ3v) is 4.16. The van der Waals surface area contributed by atoms with E-state index in [1.54, 1.807) is 0 Å². The first-order chi connectivity index (χ1) is 12.5. The molecule has 26 heavy (non-hydrogen) atoms. The summed E-state index contributed by atoms with van der Waals surface area (Å²) in [6, 6.07) is -1.74. The van der Waals surface area contributed by atoms with Crippen molar-refractivity contribution < 1.29 is 24.9 Å². The number of carbonyl (C=O) groups excluding carboxylic acids is 1. The molecule has 2 aromatic heterocycles. The number of aliphatic hydroxyl groups is 3. The second-order valence-electron chi connectivity index (χ2n) is 5.95. The Morgan fingerprint density at radius 2 is 2.23 bits per heavy atom. The monoisotopic (exact) mass is 367 g/mol. The minimum absolute atomic E-state index is 0.115. The molecular weight excluding hydrogens is 346 g/mol. The van der Waals surface area contributed by atoms with Gasteiger partial charge in [0.1, 0.15) is 30.1 Å². The summed E-state index contributed by atoms with van der Waals surface area (Å²) >= 11 is 0. The molecule has 1 aliphatic heterocycles. The molecule has 1 saturated heterocycles. The summed E-state index contributed by atoms with van der Waals surface area (Å²) in [7, 11) is 0. The maximum atomic E-state index is 11.8. The zero-order chi connectivity index (χ0) is 18.7. The molecule has 12 nitrogen and oxygen atoms in total. The van der Waals surface area contributed by atoms with Gasteiger partial charge in [-0.2, -0.15) is 0 Å². The van der Waals surface area contributed by atoms with Crippen molar-refractivity contribution in [2.45, 2.75) is 36.9 Å². The molecule has 3 heterocycles. The van der Waals surface area contributed by atoms with Crippen molar-refractivity contribution in [3.8, 4) is 0 Å². The maximum absolute atomic E-state index is 11.8. The minimum atomic E-state index is -1.09. The number of aromatic amines is 1. The second-order valence-corrected chi connectivity index (χ2v) is 5.95. The highest BCUT2D eigenvalue weighted by Crippen LogP contribution is 2.23. The van der Waals surface area contributed by atoms with E-state index in [4.69, 9.17) is 15.6 Å². The molecule has 3 rings (SSSR count). The molecule has 0 aromatic carbocycles. The topological polar surface area (TPSA) is 192 Å². The molecule has 8 N–H and O–H groups in total. The Hall–Kier alpha value is -2.38. The number of hydrogen-bond donors (Lipinski definition) is 7. The van der Waals surface area contributed by atoms with Crippen molar-refractivity contribution in [2.24, 2.45) is 5.73 Å². The van der Waals surface area contributed by atoms with Gasteiger partial charge in [-0.3, -0.25) is 4.79 Å². The van der Waals surface area contributed by atoms with Crippen LogP contribution in [0.3, 0.4) is 0 Å². The van der Waals surface area contributed by atoms with E-state index in [1.165, 1.54) is 12.7 Å². The number of anilines is 1. The van der Waals surface area contributed by atoms with Crippen LogP contribution in [0.1, 0.15) is 6.42 Å². The van der Waals surface area contributed by atoms with Gasteiger partial charge in [-0.05, 0) is 0 Å². The van der Waals surface area contributed by atoms with Gasteiger partial charge in [-0.1, -0.05) is 0 Å². The molecule has 142 valence electrons. The zero-order valence-electron chi connectivity index (χ0n) is 13.7. The van der Waals surface area contributed by atoms with Crippen LogP contribution >= 0.6 is 0 Å². The predicted octanol–water partition coefficient (Wildman–Crippen LogP) is -2.96. The number of nitrogens with one attached hydrogen (secondary N) is 3. The lowest BCUT2D eigenvalue weighted by molar-refractivity contribution is -0.143. The number of hydrogen-bond acceptors (Lipinski definition) is 10. The van der Waals surface area contributed by atoms with Crippen LogP contribution in [0.25, 0.3) is 11.2 Å². The molecule has 0 bridgehead atoms. The van der Waals surface area contributed by atoms with Crippen LogP contribution in [-0.2, 0) is 9.53 Å². The molecule has 12 heteroatoms. The largest absolute Gasteiger partial charge is 0.394 e. The Kier molecular flexibility index (Phi) is 5.58. The van der Waals surface area contributed by atoms with Gasteiger partial charge < -0.3 is 41.4 Å². The fourth-order valence-electron chi connectivity index (χ4n) is 2.74. The smallest absolute Gasteiger partial charge is 0.239 e. The van der Waals surface area contributed by atoms with Gasteiger partial charge in [0, 0.05) is 6.42 Å². The number of fused-ring (bicyclic) bond motifs is 1. The van der Waals surface area contributed by atoms with Crippen LogP contribution in [0.15, 0.2) is 12.7 Å². The summed E-state index contributed by atoms with van der Waals surface area (Å²) in [6.07, 6.45) is 0.266. The summed E-state index contributed by atoms with van der Waals surface area (Å²) in [6.45, 7) is -0.892. The van der Waals surface area contributed by atoms with E-state index in [9.17, 15) is 15.0 Å². The first kappa shape index (κ1) is 18.4. The zero-order valence-corrected chi connectivity index (χ0v) is 13.7. The Morgan fingerprint density at radius 3 is 2.96 bits per heavy atom. The standard InChI is InChI=1S/C14H21N7O5/c15-6(2-22)13(25)20-7-1-8(24)14(26-9(7)3-23)21-12-10-11(17-4-16-10)18-5-19-12/h4-9,14,22-24H,1-3,15H2,(H,20,25)(H2,16,17,18,19,21)/t6-,7-,8+,9+,14+/m1/s1. The highest BCUT2D eigenvalue weighted by molar-refractivity contribution is 5.82. The van der Waals surface area contributed by atoms with Crippen LogP contribution in [-0.4, -0.2) is 84.9 Å². The molecule has 1 amide bonds. The SMILES string of the molecule is N[C@H](CO)C(=O)N[C@@H]1C[C@H](O)[C@@H](Nc2ncnc3nc[nH]c23)O[C@H]1CO. The molecule has 0 spiro atoms. The van der Waals surface area contributed by atoms with Crippen molar-refractivity contribution in [1.82, 2.24) is 25.3 Å². The van der Waals surface area contributed by atoms with Crippen molar-refractivity contribution in [3.05, 3.63) is 12.7 Å². The molecular formula is C14H21N7O5. The Labute approximate surface area is 147 Å². The van der Waals surface area contributed by atoms with E-state index in [-0.39, 0.29) is 13.0 Å². The Balaban J connectivity index is 1.70. The molecule has 1 aliphatic rings. The molecule has 2 aromatic rings. The molecule has 0 unspecified atom stereocenters.